The van der Waals surface area contributed by atoms with Gasteiger partial charge in [-0.15, -0.1) is 0 Å². The zero-order valence-corrected chi connectivity index (χ0v) is 20.8. The molecule has 0 aliphatic carbocycles. The number of hydrogen-bond donors (Lipinski definition) is 2. The van der Waals surface area contributed by atoms with Gasteiger partial charge in [-0.3, -0.25) is 19.7 Å². The molecule has 0 saturated heterocycles. The first-order chi connectivity index (χ1) is 17.8. The highest BCUT2D eigenvalue weighted by molar-refractivity contribution is 5.94. The maximum atomic E-state index is 12.2. The maximum absolute atomic E-state index is 12.2. The molecule has 0 heterocycles. The summed E-state index contributed by atoms with van der Waals surface area (Å²) in [6, 6.07) is 17.7. The van der Waals surface area contributed by atoms with Gasteiger partial charge in [-0.1, -0.05) is 42.5 Å². The number of carbonyl (C=O) groups excluding carboxylic acids is 2. The number of amides is 2. The van der Waals surface area contributed by atoms with Crippen molar-refractivity contribution < 1.29 is 24.0 Å². The highest BCUT2D eigenvalue weighted by atomic mass is 16.6. The van der Waals surface area contributed by atoms with Crippen molar-refractivity contribution in [3.63, 3.8) is 0 Å². The Balaban J connectivity index is 1.60. The van der Waals surface area contributed by atoms with E-state index in [1.807, 2.05) is 62.4 Å². The van der Waals surface area contributed by atoms with Crippen LogP contribution in [-0.2, 0) is 16.2 Å². The molecule has 2 amide bonds. The molecule has 0 atom stereocenters. The third-order valence-corrected chi connectivity index (χ3v) is 5.39. The predicted octanol–water partition coefficient (Wildman–Crippen LogP) is 4.67. The smallest absolute Gasteiger partial charge is 0.282 e. The average molecular weight is 505 g/mol. The highest BCUT2D eigenvalue weighted by Gasteiger charge is 2.19. The molecule has 37 heavy (non-hydrogen) atoms. The van der Waals surface area contributed by atoms with Crippen molar-refractivity contribution in [1.29, 1.82) is 0 Å². The topological polar surface area (TPSA) is 132 Å². The molecule has 10 heteroatoms. The van der Waals surface area contributed by atoms with Gasteiger partial charge in [0.25, 0.3) is 5.69 Å². The van der Waals surface area contributed by atoms with Gasteiger partial charge in [0, 0.05) is 18.5 Å². The summed E-state index contributed by atoms with van der Waals surface area (Å²) in [7, 11) is 1.42. The van der Waals surface area contributed by atoms with Gasteiger partial charge in [0.15, 0.2) is 11.5 Å². The number of nitro groups is 1. The number of methoxy groups -OCH3 is 1. The fourth-order valence-corrected chi connectivity index (χ4v) is 3.37. The first-order valence-electron chi connectivity index (χ1n) is 11.5. The number of anilines is 1. The van der Waals surface area contributed by atoms with Crippen LogP contribution in [0.1, 0.15) is 35.1 Å². The zero-order chi connectivity index (χ0) is 26.8. The van der Waals surface area contributed by atoms with Crippen LogP contribution in [0.4, 0.5) is 11.4 Å². The van der Waals surface area contributed by atoms with E-state index in [4.69, 9.17) is 9.47 Å². The summed E-state index contributed by atoms with van der Waals surface area (Å²) in [4.78, 5) is 35.4. The largest absolute Gasteiger partial charge is 0.493 e. The molecule has 0 unspecified atom stereocenters. The van der Waals surface area contributed by atoms with Gasteiger partial charge in [-0.2, -0.15) is 5.10 Å². The van der Waals surface area contributed by atoms with Crippen molar-refractivity contribution in [2.24, 2.45) is 5.10 Å². The Hall–Kier alpha value is -4.73. The van der Waals surface area contributed by atoms with Crippen LogP contribution < -0.4 is 20.2 Å². The van der Waals surface area contributed by atoms with Gasteiger partial charge in [0.05, 0.1) is 29.9 Å². The number of ether oxygens (including phenoxy) is 2. The number of nitrogens with one attached hydrogen (secondary N) is 2. The summed E-state index contributed by atoms with van der Waals surface area (Å²) in [5, 5.41) is 18.2. The van der Waals surface area contributed by atoms with E-state index in [1.165, 1.54) is 19.2 Å². The fourth-order valence-electron chi connectivity index (χ4n) is 3.37. The predicted molar refractivity (Wildman–Crippen MR) is 140 cm³/mol. The van der Waals surface area contributed by atoms with Crippen LogP contribution in [0.2, 0.25) is 0 Å². The molecule has 0 fully saturated rings. The standard InChI is InChI=1S/C27H28N4O6/c1-18-9-10-19(2)22(13-18)29-26(32)11-12-27(33)30-28-16-21-14-24(36-3)25(15-23(21)31(34)35)37-17-20-7-5-4-6-8-20/h4-10,13-16H,11-12,17H2,1-3H3,(H,29,32)(H,30,33). The number of hydrazone groups is 1. The highest BCUT2D eigenvalue weighted by Crippen LogP contribution is 2.34. The molecule has 0 spiro atoms. The normalized spacial score (nSPS) is 10.7. The molecule has 0 aliphatic heterocycles. The second-order valence-electron chi connectivity index (χ2n) is 8.25. The molecule has 10 nitrogen and oxygen atoms in total. The molecule has 0 bridgehead atoms. The Morgan fingerprint density at radius 1 is 1.00 bits per heavy atom. The van der Waals surface area contributed by atoms with Gasteiger partial charge in [0.1, 0.15) is 6.61 Å². The van der Waals surface area contributed by atoms with Crippen molar-refractivity contribution in [2.45, 2.75) is 33.3 Å². The number of benzene rings is 3. The molecule has 3 rings (SSSR count). The van der Waals surface area contributed by atoms with E-state index >= 15 is 0 Å². The summed E-state index contributed by atoms with van der Waals surface area (Å²) in [6.07, 6.45) is 0.998. The molecule has 0 aromatic heterocycles. The van der Waals surface area contributed by atoms with Gasteiger partial charge in [-0.25, -0.2) is 5.43 Å². The van der Waals surface area contributed by atoms with Crippen LogP contribution in [-0.4, -0.2) is 30.1 Å². The van der Waals surface area contributed by atoms with Crippen LogP contribution in [0.25, 0.3) is 0 Å². The van der Waals surface area contributed by atoms with E-state index in [0.717, 1.165) is 22.9 Å². The lowest BCUT2D eigenvalue weighted by Crippen LogP contribution is -2.21. The lowest BCUT2D eigenvalue weighted by molar-refractivity contribution is -0.385. The van der Waals surface area contributed by atoms with E-state index < -0.39 is 10.8 Å². The second-order valence-corrected chi connectivity index (χ2v) is 8.25. The van der Waals surface area contributed by atoms with Gasteiger partial charge in [0.2, 0.25) is 11.8 Å². The Morgan fingerprint density at radius 2 is 1.73 bits per heavy atom. The van der Waals surface area contributed by atoms with Crippen molar-refractivity contribution in [3.8, 4) is 11.5 Å². The Bertz CT molecular complexity index is 1310. The SMILES string of the molecule is COc1cc(C=NNC(=O)CCC(=O)Nc2cc(C)ccc2C)c([N+](=O)[O-])cc1OCc1ccccc1. The third-order valence-electron chi connectivity index (χ3n) is 5.39. The molecule has 0 saturated carbocycles. The first-order valence-corrected chi connectivity index (χ1v) is 11.5. The van der Waals surface area contributed by atoms with Crippen LogP contribution in [0.3, 0.4) is 0 Å². The lowest BCUT2D eigenvalue weighted by Gasteiger charge is -2.12. The Kier molecular flexibility index (Phi) is 9.31. The van der Waals surface area contributed by atoms with Crippen molar-refractivity contribution in [3.05, 3.63) is 93.0 Å². The minimum absolute atomic E-state index is 0.0455. The van der Waals surface area contributed by atoms with Gasteiger partial charge < -0.3 is 14.8 Å². The minimum Gasteiger partial charge on any atom is -0.493 e. The number of nitrogens with zero attached hydrogens (tertiary/aromatic N) is 2. The van der Waals surface area contributed by atoms with E-state index in [0.29, 0.717) is 5.69 Å². The molecule has 0 radical (unpaired) electrons. The molecule has 192 valence electrons. The minimum atomic E-state index is -0.574. The molecule has 3 aromatic carbocycles. The zero-order valence-electron chi connectivity index (χ0n) is 20.8. The molecule has 3 aromatic rings. The Morgan fingerprint density at radius 3 is 2.43 bits per heavy atom. The number of hydrogen-bond acceptors (Lipinski definition) is 7. The average Bonchev–Trinajstić information content (AvgIpc) is 2.88. The summed E-state index contributed by atoms with van der Waals surface area (Å²) < 4.78 is 11.1. The van der Waals surface area contributed by atoms with E-state index in [1.54, 1.807) is 0 Å². The second kappa shape index (κ2) is 12.8. The van der Waals surface area contributed by atoms with Crippen LogP contribution >= 0.6 is 0 Å². The third kappa shape index (κ3) is 7.89. The van der Waals surface area contributed by atoms with Crippen molar-refractivity contribution >= 4 is 29.4 Å². The quantitative estimate of drug-likeness (QED) is 0.222. The van der Waals surface area contributed by atoms with Crippen molar-refractivity contribution in [2.75, 3.05) is 12.4 Å². The Labute approximate surface area is 214 Å². The van der Waals surface area contributed by atoms with Gasteiger partial charge in [-0.05, 0) is 42.7 Å². The number of aryl methyl sites for hydroxylation is 2. The van der Waals surface area contributed by atoms with Crippen LogP contribution in [0.15, 0.2) is 65.8 Å². The van der Waals surface area contributed by atoms with Crippen LogP contribution in [0.5, 0.6) is 11.5 Å². The van der Waals surface area contributed by atoms with Crippen molar-refractivity contribution in [1.82, 2.24) is 5.43 Å². The summed E-state index contributed by atoms with van der Waals surface area (Å²) in [6.45, 7) is 4.01. The fraction of sp³-hybridized carbons (Fsp3) is 0.222. The summed E-state index contributed by atoms with van der Waals surface area (Å²) >= 11 is 0. The molecular formula is C27H28N4O6. The first kappa shape index (κ1) is 26.9. The number of nitro benzene ring substituents is 1. The number of carbonyl (C=O) groups is 2. The summed E-state index contributed by atoms with van der Waals surface area (Å²) in [5.74, 6) is -0.337. The van der Waals surface area contributed by atoms with E-state index in [-0.39, 0.29) is 48.1 Å². The summed E-state index contributed by atoms with van der Waals surface area (Å²) in [5.41, 5.74) is 5.65. The van der Waals surface area contributed by atoms with Gasteiger partial charge >= 0.3 is 0 Å². The van der Waals surface area contributed by atoms with E-state index in [9.17, 15) is 19.7 Å². The maximum Gasteiger partial charge on any atom is 0.282 e. The lowest BCUT2D eigenvalue weighted by atomic mass is 10.1. The van der Waals surface area contributed by atoms with Crippen LogP contribution in [0, 0.1) is 24.0 Å². The van der Waals surface area contributed by atoms with E-state index in [2.05, 4.69) is 15.8 Å². The number of rotatable bonds is 11. The molecule has 2 N–H and O–H groups in total. The molecular weight excluding hydrogens is 476 g/mol. The molecule has 0 aliphatic rings. The monoisotopic (exact) mass is 504 g/mol.